The van der Waals surface area contributed by atoms with Crippen LogP contribution in [0.5, 0.6) is 0 Å². The molecule has 1 heterocycles. The number of nitrogens with one attached hydrogen (secondary N) is 2. The summed E-state index contributed by atoms with van der Waals surface area (Å²) in [5.41, 5.74) is 0.0517. The predicted molar refractivity (Wildman–Crippen MR) is 66.8 cm³/mol. The molecular formula is C13H10F2N2O3. The molecule has 1 amide bonds. The molecule has 1 aromatic carbocycles. The molecule has 0 saturated carbocycles. The number of H-pyrrole nitrogens is 1. The van der Waals surface area contributed by atoms with Crippen molar-refractivity contribution in [3.63, 3.8) is 0 Å². The zero-order valence-corrected chi connectivity index (χ0v) is 10.3. The average molecular weight is 280 g/mol. The highest BCUT2D eigenvalue weighted by Gasteiger charge is 2.18. The van der Waals surface area contributed by atoms with Crippen molar-refractivity contribution >= 4 is 17.6 Å². The first kappa shape index (κ1) is 13.7. The molecule has 0 radical (unpaired) electrons. The van der Waals surface area contributed by atoms with Gasteiger partial charge in [0.2, 0.25) is 0 Å². The zero-order chi connectivity index (χ0) is 14.9. The van der Waals surface area contributed by atoms with E-state index in [0.29, 0.717) is 11.8 Å². The highest BCUT2D eigenvalue weighted by atomic mass is 19.1. The Kier molecular flexibility index (Phi) is 3.51. The van der Waals surface area contributed by atoms with E-state index in [2.05, 4.69) is 10.3 Å². The lowest BCUT2D eigenvalue weighted by atomic mass is 10.2. The average Bonchev–Trinajstić information content (AvgIpc) is 2.69. The number of aromatic amines is 1. The normalized spacial score (nSPS) is 10.3. The first-order valence-corrected chi connectivity index (χ1v) is 5.57. The van der Waals surface area contributed by atoms with Gasteiger partial charge in [-0.05, 0) is 19.1 Å². The second-order valence-corrected chi connectivity index (χ2v) is 4.12. The minimum Gasteiger partial charge on any atom is -0.478 e. The predicted octanol–water partition coefficient (Wildman–Crippen LogP) is 2.55. The first-order chi connectivity index (χ1) is 9.38. The standard InChI is InChI=1S/C13H10F2N2O3/c1-6-11(13(19)20)10(5-16-6)17-12(18)7-2-8(14)4-9(15)3-7/h2-5,16H,1H3,(H,17,18)(H,19,20). The summed E-state index contributed by atoms with van der Waals surface area (Å²) in [5, 5.41) is 11.3. The van der Waals surface area contributed by atoms with Crippen LogP contribution in [0.25, 0.3) is 0 Å². The lowest BCUT2D eigenvalue weighted by Crippen LogP contribution is -2.14. The molecule has 2 aromatic rings. The molecule has 0 aliphatic heterocycles. The van der Waals surface area contributed by atoms with E-state index in [9.17, 15) is 18.4 Å². The number of aryl methyl sites for hydroxylation is 1. The van der Waals surface area contributed by atoms with Crippen LogP contribution < -0.4 is 5.32 Å². The zero-order valence-electron chi connectivity index (χ0n) is 10.3. The third-order valence-electron chi connectivity index (χ3n) is 2.66. The molecule has 0 fully saturated rings. The highest BCUT2D eigenvalue weighted by Crippen LogP contribution is 2.20. The van der Waals surface area contributed by atoms with Gasteiger partial charge in [-0.15, -0.1) is 0 Å². The summed E-state index contributed by atoms with van der Waals surface area (Å²) in [6.07, 6.45) is 1.30. The number of amides is 1. The van der Waals surface area contributed by atoms with Gasteiger partial charge in [0.05, 0.1) is 5.69 Å². The molecule has 0 bridgehead atoms. The summed E-state index contributed by atoms with van der Waals surface area (Å²) in [4.78, 5) is 25.5. The third-order valence-corrected chi connectivity index (χ3v) is 2.66. The van der Waals surface area contributed by atoms with Crippen molar-refractivity contribution in [3.8, 4) is 0 Å². The Bertz CT molecular complexity index is 675. The molecule has 0 spiro atoms. The summed E-state index contributed by atoms with van der Waals surface area (Å²) in [6, 6.07) is 2.36. The van der Waals surface area contributed by atoms with Crippen molar-refractivity contribution in [2.45, 2.75) is 6.92 Å². The third kappa shape index (κ3) is 2.66. The van der Waals surface area contributed by atoms with E-state index in [-0.39, 0.29) is 16.8 Å². The Balaban J connectivity index is 2.30. The van der Waals surface area contributed by atoms with Crippen LogP contribution in [0.4, 0.5) is 14.5 Å². The van der Waals surface area contributed by atoms with E-state index < -0.39 is 23.5 Å². The summed E-state index contributed by atoms with van der Waals surface area (Å²) >= 11 is 0. The van der Waals surface area contributed by atoms with E-state index in [0.717, 1.165) is 12.1 Å². The summed E-state index contributed by atoms with van der Waals surface area (Å²) < 4.78 is 26.0. The SMILES string of the molecule is Cc1[nH]cc(NC(=O)c2cc(F)cc(F)c2)c1C(=O)O. The number of rotatable bonds is 3. The number of carboxylic acid groups (broad SMARTS) is 1. The van der Waals surface area contributed by atoms with Crippen molar-refractivity contribution in [3.05, 3.63) is 52.9 Å². The number of anilines is 1. The monoisotopic (exact) mass is 280 g/mol. The van der Waals surface area contributed by atoms with E-state index in [4.69, 9.17) is 5.11 Å². The van der Waals surface area contributed by atoms with E-state index in [1.54, 1.807) is 0 Å². The molecule has 20 heavy (non-hydrogen) atoms. The number of halogens is 2. The molecule has 1 aromatic heterocycles. The smallest absolute Gasteiger partial charge is 0.339 e. The number of carbonyl (C=O) groups excluding carboxylic acids is 1. The molecule has 104 valence electrons. The van der Waals surface area contributed by atoms with Gasteiger partial charge in [-0.25, -0.2) is 13.6 Å². The van der Waals surface area contributed by atoms with Crippen LogP contribution in [0.1, 0.15) is 26.4 Å². The largest absolute Gasteiger partial charge is 0.478 e. The Morgan fingerprint density at radius 1 is 1.20 bits per heavy atom. The van der Waals surface area contributed by atoms with Gasteiger partial charge in [-0.3, -0.25) is 4.79 Å². The maximum absolute atomic E-state index is 13.0. The Labute approximate surface area is 112 Å². The summed E-state index contributed by atoms with van der Waals surface area (Å²) in [6.45, 7) is 1.53. The Morgan fingerprint density at radius 2 is 1.80 bits per heavy atom. The van der Waals surface area contributed by atoms with Crippen LogP contribution in [0.2, 0.25) is 0 Å². The number of carbonyl (C=O) groups is 2. The topological polar surface area (TPSA) is 82.2 Å². The minimum atomic E-state index is -1.22. The molecule has 7 heteroatoms. The van der Waals surface area contributed by atoms with Crippen molar-refractivity contribution < 1.29 is 23.5 Å². The van der Waals surface area contributed by atoms with Crippen LogP contribution in [-0.2, 0) is 0 Å². The maximum atomic E-state index is 13.0. The quantitative estimate of drug-likeness (QED) is 0.808. The Hall–Kier alpha value is -2.70. The molecule has 0 aliphatic rings. The lowest BCUT2D eigenvalue weighted by molar-refractivity contribution is 0.0697. The first-order valence-electron chi connectivity index (χ1n) is 5.57. The second-order valence-electron chi connectivity index (χ2n) is 4.12. The highest BCUT2D eigenvalue weighted by molar-refractivity contribution is 6.08. The fraction of sp³-hybridized carbons (Fsp3) is 0.0769. The van der Waals surface area contributed by atoms with E-state index >= 15 is 0 Å². The summed E-state index contributed by atoms with van der Waals surface area (Å²) in [7, 11) is 0. The van der Waals surface area contributed by atoms with Crippen LogP contribution in [-0.4, -0.2) is 22.0 Å². The van der Waals surface area contributed by atoms with Gasteiger partial charge in [0.1, 0.15) is 17.2 Å². The van der Waals surface area contributed by atoms with Gasteiger partial charge in [0.25, 0.3) is 5.91 Å². The molecular weight excluding hydrogens is 270 g/mol. The van der Waals surface area contributed by atoms with Crippen molar-refractivity contribution in [1.82, 2.24) is 4.98 Å². The van der Waals surface area contributed by atoms with Crippen molar-refractivity contribution in [2.24, 2.45) is 0 Å². The van der Waals surface area contributed by atoms with Gasteiger partial charge >= 0.3 is 5.97 Å². The fourth-order valence-corrected chi connectivity index (χ4v) is 1.78. The molecule has 0 aliphatic carbocycles. The molecule has 2 rings (SSSR count). The number of aromatic carboxylic acids is 1. The lowest BCUT2D eigenvalue weighted by Gasteiger charge is -2.05. The van der Waals surface area contributed by atoms with E-state index in [1.165, 1.54) is 13.1 Å². The van der Waals surface area contributed by atoms with Gasteiger partial charge < -0.3 is 15.4 Å². The van der Waals surface area contributed by atoms with Gasteiger partial charge in [-0.1, -0.05) is 0 Å². The number of carboxylic acids is 1. The maximum Gasteiger partial charge on any atom is 0.339 e. The molecule has 0 unspecified atom stereocenters. The number of benzene rings is 1. The van der Waals surface area contributed by atoms with Gasteiger partial charge in [0.15, 0.2) is 0 Å². The summed E-state index contributed by atoms with van der Waals surface area (Å²) in [5.74, 6) is -3.80. The molecule has 0 atom stereocenters. The Morgan fingerprint density at radius 3 is 2.35 bits per heavy atom. The minimum absolute atomic E-state index is 0.0321. The number of hydrogen-bond acceptors (Lipinski definition) is 2. The molecule has 3 N–H and O–H groups in total. The molecule has 5 nitrogen and oxygen atoms in total. The molecule has 0 saturated heterocycles. The number of hydrogen-bond donors (Lipinski definition) is 3. The van der Waals surface area contributed by atoms with Crippen LogP contribution >= 0.6 is 0 Å². The van der Waals surface area contributed by atoms with Crippen molar-refractivity contribution in [2.75, 3.05) is 5.32 Å². The fourth-order valence-electron chi connectivity index (χ4n) is 1.78. The van der Waals surface area contributed by atoms with E-state index in [1.807, 2.05) is 0 Å². The van der Waals surface area contributed by atoms with Crippen LogP contribution in [0, 0.1) is 18.6 Å². The van der Waals surface area contributed by atoms with Crippen molar-refractivity contribution in [1.29, 1.82) is 0 Å². The second kappa shape index (κ2) is 5.12. The van der Waals surface area contributed by atoms with Crippen LogP contribution in [0.3, 0.4) is 0 Å². The van der Waals surface area contributed by atoms with Gasteiger partial charge in [0, 0.05) is 23.5 Å². The van der Waals surface area contributed by atoms with Gasteiger partial charge in [-0.2, -0.15) is 0 Å². The van der Waals surface area contributed by atoms with Crippen LogP contribution in [0.15, 0.2) is 24.4 Å². The number of aromatic nitrogens is 1.